The minimum absolute atomic E-state index is 0.0843. The van der Waals surface area contributed by atoms with E-state index in [0.717, 1.165) is 18.7 Å². The molecular formula is C18H24FN3O3. The maximum atomic E-state index is 12.8. The zero-order valence-corrected chi connectivity index (χ0v) is 14.2. The van der Waals surface area contributed by atoms with Gasteiger partial charge < -0.3 is 24.9 Å². The number of benzene rings is 1. The Kier molecular flexibility index (Phi) is 7.78. The Bertz CT molecular complexity index is 630. The van der Waals surface area contributed by atoms with Crippen LogP contribution in [0.25, 0.3) is 0 Å². The van der Waals surface area contributed by atoms with Gasteiger partial charge in [0.15, 0.2) is 5.96 Å². The normalized spacial score (nSPS) is 12.7. The Balaban J connectivity index is 1.73. The van der Waals surface area contributed by atoms with E-state index in [4.69, 9.17) is 9.15 Å². The van der Waals surface area contributed by atoms with Crippen LogP contribution in [0.4, 0.5) is 4.39 Å². The van der Waals surface area contributed by atoms with Crippen molar-refractivity contribution in [2.24, 2.45) is 4.99 Å². The summed E-state index contributed by atoms with van der Waals surface area (Å²) >= 11 is 0. The lowest BCUT2D eigenvalue weighted by molar-refractivity contribution is 0.114. The number of guanidine groups is 1. The van der Waals surface area contributed by atoms with Crippen molar-refractivity contribution in [3.05, 3.63) is 54.2 Å². The molecule has 25 heavy (non-hydrogen) atoms. The molecule has 2 aromatic rings. The highest BCUT2D eigenvalue weighted by molar-refractivity contribution is 5.79. The molecule has 0 aliphatic heterocycles. The van der Waals surface area contributed by atoms with Crippen LogP contribution in [-0.2, 0) is 6.42 Å². The highest BCUT2D eigenvalue weighted by atomic mass is 19.1. The van der Waals surface area contributed by atoms with Crippen LogP contribution in [0.3, 0.4) is 0 Å². The van der Waals surface area contributed by atoms with Gasteiger partial charge >= 0.3 is 0 Å². The number of nitrogens with one attached hydrogen (secondary N) is 2. The summed E-state index contributed by atoms with van der Waals surface area (Å²) in [5.74, 6) is 1.70. The summed E-state index contributed by atoms with van der Waals surface area (Å²) in [5, 5.41) is 16.3. The van der Waals surface area contributed by atoms with E-state index in [0.29, 0.717) is 18.3 Å². The molecule has 0 spiro atoms. The van der Waals surface area contributed by atoms with Gasteiger partial charge in [-0.15, -0.1) is 0 Å². The van der Waals surface area contributed by atoms with Gasteiger partial charge in [0.1, 0.15) is 30.0 Å². The van der Waals surface area contributed by atoms with Crippen molar-refractivity contribution in [2.75, 3.05) is 26.2 Å². The Morgan fingerprint density at radius 3 is 2.76 bits per heavy atom. The average Bonchev–Trinajstić information content (AvgIpc) is 3.12. The second-order valence-corrected chi connectivity index (χ2v) is 5.39. The van der Waals surface area contributed by atoms with Crippen molar-refractivity contribution in [2.45, 2.75) is 19.4 Å². The molecular weight excluding hydrogens is 325 g/mol. The van der Waals surface area contributed by atoms with Gasteiger partial charge in [-0.2, -0.15) is 0 Å². The topological polar surface area (TPSA) is 79.0 Å². The number of ether oxygens (including phenoxy) is 1. The molecule has 0 saturated carbocycles. The van der Waals surface area contributed by atoms with E-state index in [1.54, 1.807) is 6.26 Å². The fraction of sp³-hybridized carbons (Fsp3) is 0.389. The van der Waals surface area contributed by atoms with Crippen molar-refractivity contribution in [3.63, 3.8) is 0 Å². The summed E-state index contributed by atoms with van der Waals surface area (Å²) in [6, 6.07) is 9.43. The van der Waals surface area contributed by atoms with Gasteiger partial charge in [0.25, 0.3) is 0 Å². The van der Waals surface area contributed by atoms with Gasteiger partial charge in [0.05, 0.1) is 12.8 Å². The van der Waals surface area contributed by atoms with Crippen LogP contribution in [0.1, 0.15) is 12.7 Å². The van der Waals surface area contributed by atoms with E-state index in [1.165, 1.54) is 24.3 Å². The molecule has 3 N–H and O–H groups in total. The van der Waals surface area contributed by atoms with Gasteiger partial charge in [-0.3, -0.25) is 4.99 Å². The summed E-state index contributed by atoms with van der Waals surface area (Å²) in [6.45, 7) is 3.63. The molecule has 6 nitrogen and oxygen atoms in total. The summed E-state index contributed by atoms with van der Waals surface area (Å²) in [4.78, 5) is 4.33. The number of hydrogen-bond donors (Lipinski definition) is 3. The third-order valence-electron chi connectivity index (χ3n) is 3.30. The Labute approximate surface area is 146 Å². The van der Waals surface area contributed by atoms with E-state index < -0.39 is 6.10 Å². The van der Waals surface area contributed by atoms with E-state index in [-0.39, 0.29) is 19.0 Å². The van der Waals surface area contributed by atoms with Gasteiger partial charge in [-0.1, -0.05) is 0 Å². The number of aliphatic imine (C=N–C) groups is 1. The minimum atomic E-state index is -0.759. The first-order chi connectivity index (χ1) is 12.2. The molecule has 0 bridgehead atoms. The molecule has 0 saturated heterocycles. The number of halogens is 1. The first-order valence-corrected chi connectivity index (χ1v) is 8.28. The third kappa shape index (κ3) is 7.26. The Morgan fingerprint density at radius 1 is 1.28 bits per heavy atom. The molecule has 7 heteroatoms. The lowest BCUT2D eigenvalue weighted by atomic mass is 10.3. The minimum Gasteiger partial charge on any atom is -0.491 e. The molecule has 136 valence electrons. The van der Waals surface area contributed by atoms with Gasteiger partial charge in [0, 0.05) is 19.5 Å². The standard InChI is InChI=1S/C18H24FN3O3/c1-2-20-18(21-10-9-16-4-3-11-24-16)22-12-15(23)13-25-17-7-5-14(19)6-8-17/h3-8,11,15,23H,2,9-10,12-13H2,1H3,(H2,20,21,22). The summed E-state index contributed by atoms with van der Waals surface area (Å²) in [7, 11) is 0. The van der Waals surface area contributed by atoms with E-state index >= 15 is 0 Å². The van der Waals surface area contributed by atoms with Crippen LogP contribution in [0.5, 0.6) is 5.75 Å². The lowest BCUT2D eigenvalue weighted by Crippen LogP contribution is -2.39. The van der Waals surface area contributed by atoms with Crippen LogP contribution in [0.15, 0.2) is 52.1 Å². The van der Waals surface area contributed by atoms with E-state index in [9.17, 15) is 9.50 Å². The molecule has 1 aromatic heterocycles. The van der Waals surface area contributed by atoms with Crippen molar-refractivity contribution in [3.8, 4) is 5.75 Å². The molecule has 0 fully saturated rings. The van der Waals surface area contributed by atoms with Crippen molar-refractivity contribution >= 4 is 5.96 Å². The number of rotatable bonds is 9. The van der Waals surface area contributed by atoms with Crippen LogP contribution < -0.4 is 15.4 Å². The monoisotopic (exact) mass is 349 g/mol. The maximum absolute atomic E-state index is 12.8. The first-order valence-electron chi connectivity index (χ1n) is 8.28. The van der Waals surface area contributed by atoms with Gasteiger partial charge in [-0.05, 0) is 43.3 Å². The zero-order valence-electron chi connectivity index (χ0n) is 14.2. The highest BCUT2D eigenvalue weighted by Crippen LogP contribution is 2.11. The second-order valence-electron chi connectivity index (χ2n) is 5.39. The smallest absolute Gasteiger partial charge is 0.191 e. The number of hydrogen-bond acceptors (Lipinski definition) is 4. The fourth-order valence-electron chi connectivity index (χ4n) is 2.07. The van der Waals surface area contributed by atoms with Crippen molar-refractivity contribution in [1.29, 1.82) is 0 Å². The largest absolute Gasteiger partial charge is 0.491 e. The van der Waals surface area contributed by atoms with Crippen LogP contribution in [0, 0.1) is 5.82 Å². The van der Waals surface area contributed by atoms with Crippen molar-refractivity contribution < 1.29 is 18.7 Å². The quantitative estimate of drug-likeness (QED) is 0.476. The Morgan fingerprint density at radius 2 is 2.08 bits per heavy atom. The Hall–Kier alpha value is -2.54. The highest BCUT2D eigenvalue weighted by Gasteiger charge is 2.06. The predicted octanol–water partition coefficient (Wildman–Crippen LogP) is 1.96. The van der Waals surface area contributed by atoms with Crippen LogP contribution in [0.2, 0.25) is 0 Å². The van der Waals surface area contributed by atoms with Crippen molar-refractivity contribution in [1.82, 2.24) is 10.6 Å². The predicted molar refractivity (Wildman–Crippen MR) is 94.3 cm³/mol. The number of aliphatic hydroxyl groups is 1. The molecule has 0 aliphatic rings. The second kappa shape index (κ2) is 10.4. The van der Waals surface area contributed by atoms with Crippen LogP contribution in [-0.4, -0.2) is 43.4 Å². The third-order valence-corrected chi connectivity index (χ3v) is 3.30. The molecule has 1 aromatic carbocycles. The van der Waals surface area contributed by atoms with Gasteiger partial charge in [-0.25, -0.2) is 4.39 Å². The number of nitrogens with zero attached hydrogens (tertiary/aromatic N) is 1. The first kappa shape index (κ1) is 18.8. The molecule has 1 unspecified atom stereocenters. The number of furan rings is 1. The summed E-state index contributed by atoms with van der Waals surface area (Å²) in [6.07, 6.45) is 1.63. The summed E-state index contributed by atoms with van der Waals surface area (Å²) in [5.41, 5.74) is 0. The average molecular weight is 349 g/mol. The molecule has 0 amide bonds. The SMILES string of the molecule is CCNC(=NCC(O)COc1ccc(F)cc1)NCCc1ccco1. The maximum Gasteiger partial charge on any atom is 0.191 e. The van der Waals surface area contributed by atoms with E-state index in [2.05, 4.69) is 15.6 Å². The van der Waals surface area contributed by atoms with Gasteiger partial charge in [0.2, 0.25) is 0 Å². The molecule has 0 aliphatic carbocycles. The summed E-state index contributed by atoms with van der Waals surface area (Å²) < 4.78 is 23.5. The molecule has 0 radical (unpaired) electrons. The molecule has 1 heterocycles. The van der Waals surface area contributed by atoms with E-state index in [1.807, 2.05) is 19.1 Å². The number of aliphatic hydroxyl groups excluding tert-OH is 1. The lowest BCUT2D eigenvalue weighted by Gasteiger charge is -2.13. The van der Waals surface area contributed by atoms with Crippen LogP contribution >= 0.6 is 0 Å². The molecule has 2 rings (SSSR count). The molecule has 1 atom stereocenters. The zero-order chi connectivity index (χ0) is 17.9. The fourth-order valence-corrected chi connectivity index (χ4v) is 2.07.